The maximum Gasteiger partial charge on any atom is 0.248 e. The van der Waals surface area contributed by atoms with Gasteiger partial charge in [-0.25, -0.2) is 0 Å². The number of benzene rings is 3. The first-order valence-electron chi connectivity index (χ1n) is 11.1. The van der Waals surface area contributed by atoms with Crippen molar-refractivity contribution < 1.29 is 4.79 Å². The fourth-order valence-corrected chi connectivity index (χ4v) is 3.99. The number of hydrogen-bond donors (Lipinski definition) is 1. The number of rotatable bonds is 6. The molecule has 0 spiro atoms. The van der Waals surface area contributed by atoms with Crippen molar-refractivity contribution in [3.05, 3.63) is 95.6 Å². The lowest BCUT2D eigenvalue weighted by molar-refractivity contribution is -0.111. The van der Waals surface area contributed by atoms with E-state index in [1.54, 1.807) is 6.08 Å². The molecule has 0 saturated carbocycles. The van der Waals surface area contributed by atoms with Crippen LogP contribution in [0.3, 0.4) is 0 Å². The van der Waals surface area contributed by atoms with E-state index in [0.29, 0.717) is 0 Å². The predicted molar refractivity (Wildman–Crippen MR) is 130 cm³/mol. The van der Waals surface area contributed by atoms with E-state index in [1.165, 1.54) is 49.0 Å². The van der Waals surface area contributed by atoms with E-state index in [1.807, 2.05) is 30.3 Å². The average molecular weight is 411 g/mol. The van der Waals surface area contributed by atoms with Crippen LogP contribution < -0.4 is 5.32 Å². The summed E-state index contributed by atoms with van der Waals surface area (Å²) in [6, 6.07) is 24.9. The number of likely N-dealkylation sites (tertiary alicyclic amines) is 1. The van der Waals surface area contributed by atoms with E-state index in [4.69, 9.17) is 0 Å². The maximum atomic E-state index is 12.4. The van der Waals surface area contributed by atoms with Crippen LogP contribution >= 0.6 is 0 Å². The fraction of sp³-hybridized carbons (Fsp3) is 0.250. The van der Waals surface area contributed by atoms with Gasteiger partial charge in [-0.05, 0) is 79.4 Å². The summed E-state index contributed by atoms with van der Waals surface area (Å²) in [5.41, 5.74) is 6.69. The van der Waals surface area contributed by atoms with Crippen LogP contribution in [0.4, 0.5) is 5.69 Å². The molecular formula is C28H30N2O. The van der Waals surface area contributed by atoms with Gasteiger partial charge in [0.1, 0.15) is 0 Å². The number of hydrogen-bond acceptors (Lipinski definition) is 2. The molecule has 0 radical (unpaired) electrons. The molecule has 0 unspecified atom stereocenters. The van der Waals surface area contributed by atoms with E-state index in [-0.39, 0.29) is 5.91 Å². The molecule has 3 aromatic rings. The molecule has 158 valence electrons. The normalized spacial score (nSPS) is 14.6. The van der Waals surface area contributed by atoms with Crippen molar-refractivity contribution in [2.24, 2.45) is 0 Å². The zero-order valence-electron chi connectivity index (χ0n) is 18.2. The molecule has 0 atom stereocenters. The minimum absolute atomic E-state index is 0.121. The fourth-order valence-electron chi connectivity index (χ4n) is 3.99. The van der Waals surface area contributed by atoms with E-state index < -0.39 is 0 Å². The largest absolute Gasteiger partial charge is 0.323 e. The Hall–Kier alpha value is -3.17. The highest BCUT2D eigenvalue weighted by molar-refractivity contribution is 6.02. The van der Waals surface area contributed by atoms with Crippen molar-refractivity contribution in [3.63, 3.8) is 0 Å². The lowest BCUT2D eigenvalue weighted by Gasteiger charge is -2.26. The number of anilines is 1. The molecule has 3 aromatic carbocycles. The van der Waals surface area contributed by atoms with Crippen LogP contribution in [0, 0.1) is 6.92 Å². The Morgan fingerprint density at radius 3 is 2.39 bits per heavy atom. The molecule has 1 saturated heterocycles. The Bertz CT molecular complexity index is 1030. The van der Waals surface area contributed by atoms with Crippen molar-refractivity contribution in [2.75, 3.05) is 18.4 Å². The van der Waals surface area contributed by atoms with E-state index in [0.717, 1.165) is 23.4 Å². The van der Waals surface area contributed by atoms with E-state index in [9.17, 15) is 4.79 Å². The van der Waals surface area contributed by atoms with Crippen LogP contribution in [0.5, 0.6) is 0 Å². The molecule has 0 aromatic heterocycles. The Balaban J connectivity index is 1.34. The highest BCUT2D eigenvalue weighted by Gasteiger charge is 2.10. The summed E-state index contributed by atoms with van der Waals surface area (Å²) in [7, 11) is 0. The van der Waals surface area contributed by atoms with E-state index >= 15 is 0 Å². The summed E-state index contributed by atoms with van der Waals surface area (Å²) < 4.78 is 0. The molecule has 0 bridgehead atoms. The van der Waals surface area contributed by atoms with Crippen molar-refractivity contribution in [2.45, 2.75) is 32.7 Å². The number of piperidine rings is 1. The second-order valence-electron chi connectivity index (χ2n) is 8.35. The third kappa shape index (κ3) is 6.16. The molecule has 1 heterocycles. The van der Waals surface area contributed by atoms with Gasteiger partial charge in [-0.2, -0.15) is 0 Å². The molecule has 3 heteroatoms. The topological polar surface area (TPSA) is 32.3 Å². The van der Waals surface area contributed by atoms with Gasteiger partial charge in [0.25, 0.3) is 0 Å². The van der Waals surface area contributed by atoms with Crippen LogP contribution in [0.25, 0.3) is 17.2 Å². The zero-order chi connectivity index (χ0) is 21.5. The summed E-state index contributed by atoms with van der Waals surface area (Å²) in [6.45, 7) is 5.46. The molecule has 0 aliphatic carbocycles. The minimum Gasteiger partial charge on any atom is -0.323 e. The molecule has 1 amide bonds. The van der Waals surface area contributed by atoms with Gasteiger partial charge in [0.05, 0.1) is 0 Å². The minimum atomic E-state index is -0.121. The first kappa shape index (κ1) is 21.1. The van der Waals surface area contributed by atoms with Gasteiger partial charge in [-0.3, -0.25) is 9.69 Å². The number of nitrogens with one attached hydrogen (secondary N) is 1. The van der Waals surface area contributed by atoms with Crippen LogP contribution in [0.1, 0.15) is 36.0 Å². The highest BCUT2D eigenvalue weighted by Crippen LogP contribution is 2.21. The van der Waals surface area contributed by atoms with Gasteiger partial charge in [-0.15, -0.1) is 0 Å². The quantitative estimate of drug-likeness (QED) is 0.484. The van der Waals surface area contributed by atoms with Gasteiger partial charge >= 0.3 is 0 Å². The van der Waals surface area contributed by atoms with Gasteiger partial charge in [-0.1, -0.05) is 66.6 Å². The summed E-state index contributed by atoms with van der Waals surface area (Å²) >= 11 is 0. The molecule has 4 rings (SSSR count). The molecule has 1 N–H and O–H groups in total. The van der Waals surface area contributed by atoms with Gasteiger partial charge in [0.2, 0.25) is 5.91 Å². The number of nitrogens with zero attached hydrogens (tertiary/aromatic N) is 1. The SMILES string of the molecule is Cc1ccc(-c2cccc(/C=C/C(=O)Nc3ccc(CN4CCCCC4)cc3)c2)cc1. The second kappa shape index (κ2) is 10.2. The van der Waals surface area contributed by atoms with Crippen LogP contribution in [0.15, 0.2) is 78.9 Å². The molecule has 3 nitrogen and oxygen atoms in total. The van der Waals surface area contributed by atoms with Crippen LogP contribution in [0.2, 0.25) is 0 Å². The Morgan fingerprint density at radius 1 is 0.903 bits per heavy atom. The summed E-state index contributed by atoms with van der Waals surface area (Å²) in [6.07, 6.45) is 7.40. The number of aryl methyl sites for hydroxylation is 1. The first-order chi connectivity index (χ1) is 15.2. The molecule has 31 heavy (non-hydrogen) atoms. The summed E-state index contributed by atoms with van der Waals surface area (Å²) in [5.74, 6) is -0.121. The predicted octanol–water partition coefficient (Wildman–Crippen LogP) is 6.30. The van der Waals surface area contributed by atoms with Crippen LogP contribution in [-0.4, -0.2) is 23.9 Å². The Kier molecular flexibility index (Phi) is 6.96. The van der Waals surface area contributed by atoms with Gasteiger partial charge in [0.15, 0.2) is 0 Å². The van der Waals surface area contributed by atoms with Crippen molar-refractivity contribution in [1.82, 2.24) is 4.90 Å². The Morgan fingerprint density at radius 2 is 1.65 bits per heavy atom. The van der Waals surface area contributed by atoms with E-state index in [2.05, 4.69) is 65.7 Å². The lowest BCUT2D eigenvalue weighted by Crippen LogP contribution is -2.29. The second-order valence-corrected chi connectivity index (χ2v) is 8.35. The zero-order valence-corrected chi connectivity index (χ0v) is 18.2. The Labute approximate surface area is 185 Å². The molecule has 1 aliphatic rings. The number of carbonyl (C=O) groups is 1. The summed E-state index contributed by atoms with van der Waals surface area (Å²) in [5, 5.41) is 2.96. The highest BCUT2D eigenvalue weighted by atomic mass is 16.1. The maximum absolute atomic E-state index is 12.4. The lowest BCUT2D eigenvalue weighted by atomic mass is 10.0. The number of amides is 1. The molecule has 1 fully saturated rings. The molecular weight excluding hydrogens is 380 g/mol. The average Bonchev–Trinajstić information content (AvgIpc) is 2.80. The first-order valence-corrected chi connectivity index (χ1v) is 11.1. The third-order valence-corrected chi connectivity index (χ3v) is 5.78. The monoisotopic (exact) mass is 410 g/mol. The molecule has 1 aliphatic heterocycles. The van der Waals surface area contributed by atoms with Crippen LogP contribution in [-0.2, 0) is 11.3 Å². The third-order valence-electron chi connectivity index (χ3n) is 5.78. The summed E-state index contributed by atoms with van der Waals surface area (Å²) in [4.78, 5) is 14.9. The standard InChI is InChI=1S/C28H30N2O/c1-22-8-13-25(14-9-22)26-7-5-6-23(20-26)12-17-28(31)29-27-15-10-24(11-16-27)21-30-18-3-2-4-19-30/h5-17,20H,2-4,18-19,21H2,1H3,(H,29,31)/b17-12+. The van der Waals surface area contributed by atoms with Crippen molar-refractivity contribution >= 4 is 17.7 Å². The van der Waals surface area contributed by atoms with Gasteiger partial charge in [0, 0.05) is 18.3 Å². The van der Waals surface area contributed by atoms with Crippen molar-refractivity contribution in [1.29, 1.82) is 0 Å². The van der Waals surface area contributed by atoms with Crippen molar-refractivity contribution in [3.8, 4) is 11.1 Å². The number of carbonyl (C=O) groups excluding carboxylic acids is 1. The van der Waals surface area contributed by atoms with Gasteiger partial charge < -0.3 is 5.32 Å². The smallest absolute Gasteiger partial charge is 0.248 e.